The van der Waals surface area contributed by atoms with Gasteiger partial charge in [-0.3, -0.25) is 14.4 Å². The lowest BCUT2D eigenvalue weighted by Crippen LogP contribution is -2.39. The number of thioether (sulfide) groups is 1. The van der Waals surface area contributed by atoms with Crippen molar-refractivity contribution in [1.82, 2.24) is 4.90 Å². The maximum Gasteiger partial charge on any atom is 0.223 e. The molecular formula is C20H25NO3S. The summed E-state index contributed by atoms with van der Waals surface area (Å²) in [5.74, 6) is 0.674. The fourth-order valence-corrected chi connectivity index (χ4v) is 5.03. The van der Waals surface area contributed by atoms with E-state index in [4.69, 9.17) is 0 Å². The van der Waals surface area contributed by atoms with Crippen molar-refractivity contribution in [3.05, 3.63) is 34.4 Å². The van der Waals surface area contributed by atoms with Gasteiger partial charge in [0.25, 0.3) is 0 Å². The third kappa shape index (κ3) is 3.66. The van der Waals surface area contributed by atoms with Gasteiger partial charge in [0.2, 0.25) is 5.91 Å². The Balaban J connectivity index is 1.78. The number of ketones is 2. The van der Waals surface area contributed by atoms with E-state index in [9.17, 15) is 14.4 Å². The summed E-state index contributed by atoms with van der Waals surface area (Å²) >= 11 is 1.85. The molecule has 1 aromatic carbocycles. The van der Waals surface area contributed by atoms with Gasteiger partial charge in [-0.15, -0.1) is 0 Å². The van der Waals surface area contributed by atoms with Gasteiger partial charge in [0, 0.05) is 43.4 Å². The standard InChI is InChI=1S/C20H25NO3S/c1-12-8-13(2)18(14(3)9-12)19-16(22)10-15(20(19)24)11-17(23)21-4-6-25-7-5-21/h8-9,15,19H,4-7,10-11H2,1-3H3. The van der Waals surface area contributed by atoms with Crippen LogP contribution in [0.15, 0.2) is 12.1 Å². The summed E-state index contributed by atoms with van der Waals surface area (Å²) in [5.41, 5.74) is 3.96. The van der Waals surface area contributed by atoms with Gasteiger partial charge in [0.15, 0.2) is 5.78 Å². The molecule has 1 saturated carbocycles. The van der Waals surface area contributed by atoms with Gasteiger partial charge in [-0.1, -0.05) is 17.7 Å². The Kier molecular flexibility index (Phi) is 5.32. The molecule has 1 aromatic rings. The molecule has 0 radical (unpaired) electrons. The van der Waals surface area contributed by atoms with Crippen molar-refractivity contribution < 1.29 is 14.4 Å². The van der Waals surface area contributed by atoms with E-state index in [-0.39, 0.29) is 30.3 Å². The lowest BCUT2D eigenvalue weighted by Gasteiger charge is -2.27. The van der Waals surface area contributed by atoms with E-state index in [1.807, 2.05) is 49.6 Å². The highest BCUT2D eigenvalue weighted by Crippen LogP contribution is 2.37. The second-order valence-corrected chi connectivity index (χ2v) is 8.44. The lowest BCUT2D eigenvalue weighted by molar-refractivity contribution is -0.134. The van der Waals surface area contributed by atoms with Crippen LogP contribution in [-0.2, 0) is 14.4 Å². The topological polar surface area (TPSA) is 54.5 Å². The fourth-order valence-electron chi connectivity index (χ4n) is 4.13. The van der Waals surface area contributed by atoms with Gasteiger partial charge in [-0.25, -0.2) is 0 Å². The Morgan fingerprint density at radius 3 is 2.32 bits per heavy atom. The molecule has 25 heavy (non-hydrogen) atoms. The second kappa shape index (κ2) is 7.32. The largest absolute Gasteiger partial charge is 0.341 e. The normalized spacial score (nSPS) is 24.0. The molecule has 1 aliphatic heterocycles. The van der Waals surface area contributed by atoms with Gasteiger partial charge in [-0.2, -0.15) is 11.8 Å². The van der Waals surface area contributed by atoms with Crippen molar-refractivity contribution in [3.63, 3.8) is 0 Å². The van der Waals surface area contributed by atoms with Crippen LogP contribution in [0.2, 0.25) is 0 Å². The van der Waals surface area contributed by atoms with Crippen LogP contribution in [0.1, 0.15) is 41.0 Å². The van der Waals surface area contributed by atoms with Crippen molar-refractivity contribution in [2.24, 2.45) is 5.92 Å². The molecule has 1 heterocycles. The fraction of sp³-hybridized carbons (Fsp3) is 0.550. The highest BCUT2D eigenvalue weighted by Gasteiger charge is 2.44. The Labute approximate surface area is 153 Å². The van der Waals surface area contributed by atoms with Crippen LogP contribution in [0.4, 0.5) is 0 Å². The summed E-state index contributed by atoms with van der Waals surface area (Å²) < 4.78 is 0. The minimum Gasteiger partial charge on any atom is -0.341 e. The van der Waals surface area contributed by atoms with Crippen LogP contribution in [0, 0.1) is 26.7 Å². The number of amides is 1. The van der Waals surface area contributed by atoms with E-state index in [1.165, 1.54) is 0 Å². The predicted molar refractivity (Wildman–Crippen MR) is 100 cm³/mol. The van der Waals surface area contributed by atoms with Crippen LogP contribution >= 0.6 is 11.8 Å². The Bertz CT molecular complexity index is 699. The average molecular weight is 359 g/mol. The highest BCUT2D eigenvalue weighted by atomic mass is 32.2. The summed E-state index contributed by atoms with van der Waals surface area (Å²) in [6.45, 7) is 7.43. The monoisotopic (exact) mass is 359 g/mol. The number of aryl methyl sites for hydroxylation is 3. The second-order valence-electron chi connectivity index (χ2n) is 7.21. The molecule has 1 saturated heterocycles. The molecule has 2 aliphatic rings. The number of nitrogens with zero attached hydrogens (tertiary/aromatic N) is 1. The first-order valence-electron chi connectivity index (χ1n) is 8.88. The van der Waals surface area contributed by atoms with Gasteiger partial charge in [0.1, 0.15) is 11.7 Å². The van der Waals surface area contributed by atoms with E-state index >= 15 is 0 Å². The van der Waals surface area contributed by atoms with Crippen LogP contribution in [0.3, 0.4) is 0 Å². The molecule has 2 unspecified atom stereocenters. The van der Waals surface area contributed by atoms with Crippen LogP contribution in [0.5, 0.6) is 0 Å². The molecule has 2 atom stereocenters. The van der Waals surface area contributed by atoms with Gasteiger partial charge in [-0.05, 0) is 37.5 Å². The third-order valence-electron chi connectivity index (χ3n) is 5.27. The summed E-state index contributed by atoms with van der Waals surface area (Å²) in [6, 6.07) is 4.04. The number of hydrogen-bond donors (Lipinski definition) is 0. The SMILES string of the molecule is Cc1cc(C)c(C2C(=O)CC(CC(=O)N3CCSCC3)C2=O)c(C)c1. The zero-order chi connectivity index (χ0) is 18.1. The number of rotatable bonds is 3. The first-order chi connectivity index (χ1) is 11.9. The summed E-state index contributed by atoms with van der Waals surface area (Å²) in [6.07, 6.45) is 0.375. The maximum atomic E-state index is 12.9. The smallest absolute Gasteiger partial charge is 0.223 e. The van der Waals surface area contributed by atoms with Crippen molar-refractivity contribution in [3.8, 4) is 0 Å². The number of Topliss-reactive ketones (excluding diaryl/α,β-unsaturated/α-hetero) is 2. The number of carbonyl (C=O) groups excluding carboxylic acids is 3. The van der Waals surface area contributed by atoms with Crippen molar-refractivity contribution >= 4 is 29.2 Å². The molecule has 0 aromatic heterocycles. The molecule has 134 valence electrons. The molecule has 0 spiro atoms. The Morgan fingerprint density at radius 2 is 1.72 bits per heavy atom. The molecule has 2 fully saturated rings. The van der Waals surface area contributed by atoms with Crippen LogP contribution in [0.25, 0.3) is 0 Å². The zero-order valence-electron chi connectivity index (χ0n) is 15.1. The molecule has 3 rings (SSSR count). The first-order valence-corrected chi connectivity index (χ1v) is 10.0. The number of benzene rings is 1. The molecular weight excluding hydrogens is 334 g/mol. The van der Waals surface area contributed by atoms with Crippen molar-refractivity contribution in [1.29, 1.82) is 0 Å². The van der Waals surface area contributed by atoms with Crippen LogP contribution < -0.4 is 0 Å². The van der Waals surface area contributed by atoms with E-state index in [0.717, 1.165) is 46.8 Å². The minimum atomic E-state index is -0.685. The van der Waals surface area contributed by atoms with E-state index in [2.05, 4.69) is 0 Å². The number of carbonyl (C=O) groups is 3. The average Bonchev–Trinajstić information content (AvgIpc) is 2.82. The Hall–Kier alpha value is -1.62. The van der Waals surface area contributed by atoms with E-state index in [1.54, 1.807) is 0 Å². The summed E-state index contributed by atoms with van der Waals surface area (Å²) in [7, 11) is 0. The van der Waals surface area contributed by atoms with Gasteiger partial charge >= 0.3 is 0 Å². The highest BCUT2D eigenvalue weighted by molar-refractivity contribution is 7.99. The zero-order valence-corrected chi connectivity index (χ0v) is 15.9. The Morgan fingerprint density at radius 1 is 1.12 bits per heavy atom. The molecule has 4 nitrogen and oxygen atoms in total. The van der Waals surface area contributed by atoms with E-state index < -0.39 is 11.8 Å². The molecule has 1 aliphatic carbocycles. The van der Waals surface area contributed by atoms with Gasteiger partial charge < -0.3 is 4.90 Å². The molecule has 1 amide bonds. The van der Waals surface area contributed by atoms with E-state index in [0.29, 0.717) is 0 Å². The van der Waals surface area contributed by atoms with Crippen molar-refractivity contribution in [2.45, 2.75) is 39.5 Å². The number of hydrogen-bond acceptors (Lipinski definition) is 4. The third-order valence-corrected chi connectivity index (χ3v) is 6.21. The molecule has 0 bridgehead atoms. The quantitative estimate of drug-likeness (QED) is 0.779. The minimum absolute atomic E-state index is 0.0180. The summed E-state index contributed by atoms with van der Waals surface area (Å²) in [5, 5.41) is 0. The predicted octanol–water partition coefficient (Wildman–Crippen LogP) is 2.82. The lowest BCUT2D eigenvalue weighted by atomic mass is 9.86. The maximum absolute atomic E-state index is 12.9. The first kappa shape index (κ1) is 18.2. The molecule has 5 heteroatoms. The molecule has 0 N–H and O–H groups in total. The van der Waals surface area contributed by atoms with Crippen molar-refractivity contribution in [2.75, 3.05) is 24.6 Å². The summed E-state index contributed by atoms with van der Waals surface area (Å²) in [4.78, 5) is 39.8. The van der Waals surface area contributed by atoms with Crippen LogP contribution in [-0.4, -0.2) is 47.0 Å². The van der Waals surface area contributed by atoms with Gasteiger partial charge in [0.05, 0.1) is 0 Å².